The Morgan fingerprint density at radius 1 is 1.16 bits per heavy atom. The second-order valence-corrected chi connectivity index (χ2v) is 6.02. The first-order chi connectivity index (χ1) is 12.1. The van der Waals surface area contributed by atoms with Crippen LogP contribution >= 0.6 is 0 Å². The Morgan fingerprint density at radius 2 is 1.92 bits per heavy atom. The minimum absolute atomic E-state index is 0.0731. The molecule has 2 N–H and O–H groups in total. The van der Waals surface area contributed by atoms with E-state index in [-0.39, 0.29) is 12.5 Å². The quantitative estimate of drug-likeness (QED) is 0.552. The van der Waals surface area contributed by atoms with Crippen molar-refractivity contribution in [2.45, 2.75) is 20.8 Å². The lowest BCUT2D eigenvalue weighted by Crippen LogP contribution is -2.25. The Bertz CT molecular complexity index is 941. The number of nitrogens with one attached hydrogen (secondary N) is 2. The van der Waals surface area contributed by atoms with E-state index in [9.17, 15) is 4.79 Å². The lowest BCUT2D eigenvalue weighted by atomic mass is 10.1. The zero-order valence-corrected chi connectivity index (χ0v) is 14.6. The number of hydrogen-bond acceptors (Lipinski definition) is 3. The third kappa shape index (κ3) is 3.71. The van der Waals surface area contributed by atoms with E-state index in [0.717, 1.165) is 38.9 Å². The predicted molar refractivity (Wildman–Crippen MR) is 100 cm³/mol. The zero-order valence-electron chi connectivity index (χ0n) is 14.6. The number of aryl methyl sites for hydroxylation is 2. The van der Waals surface area contributed by atoms with Gasteiger partial charge in [-0.3, -0.25) is 4.79 Å². The molecule has 3 rings (SSSR count). The van der Waals surface area contributed by atoms with Crippen molar-refractivity contribution < 1.29 is 9.53 Å². The van der Waals surface area contributed by atoms with Crippen LogP contribution in [0, 0.1) is 20.8 Å². The van der Waals surface area contributed by atoms with Crippen LogP contribution < -0.4 is 10.2 Å². The van der Waals surface area contributed by atoms with Gasteiger partial charge in [0.15, 0.2) is 6.61 Å². The summed E-state index contributed by atoms with van der Waals surface area (Å²) in [5, 5.41) is 5.07. The molecule has 1 amide bonds. The number of aromatic nitrogens is 1. The van der Waals surface area contributed by atoms with Crippen molar-refractivity contribution in [2.24, 2.45) is 5.10 Å². The largest absolute Gasteiger partial charge is 0.483 e. The van der Waals surface area contributed by atoms with Crippen molar-refractivity contribution in [1.29, 1.82) is 0 Å². The number of aromatic amines is 1. The molecule has 0 aliphatic heterocycles. The van der Waals surface area contributed by atoms with Gasteiger partial charge in [0.2, 0.25) is 0 Å². The summed E-state index contributed by atoms with van der Waals surface area (Å²) in [5.41, 5.74) is 7.65. The topological polar surface area (TPSA) is 66.5 Å². The van der Waals surface area contributed by atoms with Gasteiger partial charge in [0.25, 0.3) is 5.91 Å². The Hall–Kier alpha value is -3.08. The molecule has 0 saturated heterocycles. The van der Waals surface area contributed by atoms with Gasteiger partial charge < -0.3 is 9.72 Å². The number of carbonyl (C=O) groups is 1. The van der Waals surface area contributed by atoms with E-state index in [4.69, 9.17) is 4.74 Å². The summed E-state index contributed by atoms with van der Waals surface area (Å²) in [4.78, 5) is 15.1. The van der Waals surface area contributed by atoms with Crippen LogP contribution in [0.5, 0.6) is 5.75 Å². The second-order valence-electron chi connectivity index (χ2n) is 6.02. The number of rotatable bonds is 5. The summed E-state index contributed by atoms with van der Waals surface area (Å²) in [6.07, 6.45) is 3.48. The van der Waals surface area contributed by atoms with Crippen molar-refractivity contribution in [1.82, 2.24) is 10.4 Å². The molecule has 0 bridgehead atoms. The molecule has 25 heavy (non-hydrogen) atoms. The highest BCUT2D eigenvalue weighted by molar-refractivity contribution is 5.99. The molecular weight excluding hydrogens is 314 g/mol. The van der Waals surface area contributed by atoms with E-state index in [1.807, 2.05) is 63.4 Å². The molecule has 3 aromatic rings. The van der Waals surface area contributed by atoms with Crippen LogP contribution in [0.1, 0.15) is 22.3 Å². The van der Waals surface area contributed by atoms with Gasteiger partial charge >= 0.3 is 0 Å². The number of ether oxygens (including phenoxy) is 1. The van der Waals surface area contributed by atoms with Crippen molar-refractivity contribution >= 4 is 23.0 Å². The molecular formula is C20H21N3O2. The van der Waals surface area contributed by atoms with Crippen LogP contribution in [-0.4, -0.2) is 23.7 Å². The highest BCUT2D eigenvalue weighted by Crippen LogP contribution is 2.25. The maximum absolute atomic E-state index is 12.0. The number of benzene rings is 2. The molecule has 1 aromatic heterocycles. The average molecular weight is 335 g/mol. The molecule has 0 fully saturated rings. The fourth-order valence-corrected chi connectivity index (χ4v) is 2.69. The van der Waals surface area contributed by atoms with E-state index >= 15 is 0 Å². The smallest absolute Gasteiger partial charge is 0.277 e. The summed E-state index contributed by atoms with van der Waals surface area (Å²) in [7, 11) is 0. The van der Waals surface area contributed by atoms with E-state index in [1.54, 1.807) is 6.21 Å². The zero-order chi connectivity index (χ0) is 17.8. The van der Waals surface area contributed by atoms with Gasteiger partial charge in [-0.1, -0.05) is 30.3 Å². The molecule has 1 heterocycles. The minimum atomic E-state index is -0.295. The Balaban J connectivity index is 1.59. The maximum Gasteiger partial charge on any atom is 0.277 e. The van der Waals surface area contributed by atoms with Crippen LogP contribution in [0.25, 0.3) is 10.9 Å². The molecule has 5 heteroatoms. The average Bonchev–Trinajstić information content (AvgIpc) is 3.02. The first kappa shape index (κ1) is 16.8. The van der Waals surface area contributed by atoms with Gasteiger partial charge in [0.1, 0.15) is 5.75 Å². The number of hydrogen-bond donors (Lipinski definition) is 2. The van der Waals surface area contributed by atoms with Crippen LogP contribution in [0.4, 0.5) is 0 Å². The lowest BCUT2D eigenvalue weighted by molar-refractivity contribution is -0.123. The van der Waals surface area contributed by atoms with Gasteiger partial charge in [0, 0.05) is 22.7 Å². The molecule has 0 spiro atoms. The number of amides is 1. The maximum atomic E-state index is 12.0. The predicted octanol–water partition coefficient (Wildman–Crippen LogP) is 3.62. The van der Waals surface area contributed by atoms with Gasteiger partial charge in [-0.15, -0.1) is 0 Å². The molecule has 0 saturated carbocycles. The Kier molecular flexibility index (Phi) is 4.84. The van der Waals surface area contributed by atoms with Crippen molar-refractivity contribution in [3.05, 3.63) is 64.8 Å². The molecule has 128 valence electrons. The first-order valence-corrected chi connectivity index (χ1v) is 8.14. The third-order valence-corrected chi connectivity index (χ3v) is 4.24. The first-order valence-electron chi connectivity index (χ1n) is 8.14. The number of H-pyrrole nitrogens is 1. The fraction of sp³-hybridized carbons (Fsp3) is 0.200. The molecule has 0 aliphatic rings. The molecule has 5 nitrogen and oxygen atoms in total. The van der Waals surface area contributed by atoms with Crippen molar-refractivity contribution in [2.75, 3.05) is 6.61 Å². The van der Waals surface area contributed by atoms with Crippen molar-refractivity contribution in [3.8, 4) is 5.75 Å². The lowest BCUT2D eigenvalue weighted by Gasteiger charge is -2.13. The molecule has 0 unspecified atom stereocenters. The van der Waals surface area contributed by atoms with Gasteiger partial charge in [-0.05, 0) is 43.5 Å². The molecule has 0 radical (unpaired) electrons. The number of hydrazone groups is 1. The highest BCUT2D eigenvalue weighted by atomic mass is 16.5. The van der Waals surface area contributed by atoms with E-state index in [2.05, 4.69) is 15.5 Å². The monoisotopic (exact) mass is 335 g/mol. The summed E-state index contributed by atoms with van der Waals surface area (Å²) in [6, 6.07) is 12.0. The summed E-state index contributed by atoms with van der Waals surface area (Å²) in [6.45, 7) is 5.91. The number of carbonyl (C=O) groups excluding carboxylic acids is 1. The Morgan fingerprint density at radius 3 is 2.76 bits per heavy atom. The second kappa shape index (κ2) is 7.21. The number of fused-ring (bicyclic) bond motifs is 1. The third-order valence-electron chi connectivity index (χ3n) is 4.24. The van der Waals surface area contributed by atoms with E-state index < -0.39 is 0 Å². The number of nitrogens with zero attached hydrogens (tertiary/aromatic N) is 1. The Labute approximate surface area is 146 Å². The molecule has 2 aromatic carbocycles. The van der Waals surface area contributed by atoms with Gasteiger partial charge in [-0.25, -0.2) is 5.43 Å². The van der Waals surface area contributed by atoms with Gasteiger partial charge in [-0.2, -0.15) is 5.10 Å². The minimum Gasteiger partial charge on any atom is -0.483 e. The van der Waals surface area contributed by atoms with Crippen molar-refractivity contribution in [3.63, 3.8) is 0 Å². The molecule has 0 atom stereocenters. The standard InChI is InChI=1S/C20H21N3O2/c1-13-8-9-14(2)20(15(13)3)25-12-19(24)23-22-11-16-10-21-18-7-5-4-6-17(16)18/h4-11,21H,12H2,1-3H3,(H,23,24)/b22-11+. The van der Waals surface area contributed by atoms with Gasteiger partial charge in [0.05, 0.1) is 6.21 Å². The van der Waals surface area contributed by atoms with Crippen LogP contribution in [-0.2, 0) is 4.79 Å². The van der Waals surface area contributed by atoms with Crippen LogP contribution in [0.2, 0.25) is 0 Å². The molecule has 0 aliphatic carbocycles. The number of para-hydroxylation sites is 1. The van der Waals surface area contributed by atoms with Crippen LogP contribution in [0.15, 0.2) is 47.7 Å². The SMILES string of the molecule is Cc1ccc(C)c(OCC(=O)N/N=C/c2c[nH]c3ccccc23)c1C. The normalized spacial score (nSPS) is 11.2. The van der Waals surface area contributed by atoms with E-state index in [0.29, 0.717) is 0 Å². The summed E-state index contributed by atoms with van der Waals surface area (Å²) in [5.74, 6) is 0.465. The highest BCUT2D eigenvalue weighted by Gasteiger charge is 2.09. The van der Waals surface area contributed by atoms with Crippen LogP contribution in [0.3, 0.4) is 0 Å². The summed E-state index contributed by atoms with van der Waals surface area (Å²) >= 11 is 0. The van der Waals surface area contributed by atoms with E-state index in [1.165, 1.54) is 0 Å². The fourth-order valence-electron chi connectivity index (χ4n) is 2.69. The summed E-state index contributed by atoms with van der Waals surface area (Å²) < 4.78 is 5.68.